The van der Waals surface area contributed by atoms with E-state index < -0.39 is 0 Å². The fourth-order valence-electron chi connectivity index (χ4n) is 2.73. The van der Waals surface area contributed by atoms with Crippen LogP contribution in [0.5, 0.6) is 11.5 Å². The van der Waals surface area contributed by atoms with Crippen molar-refractivity contribution in [3.05, 3.63) is 23.1 Å². The Morgan fingerprint density at radius 3 is 2.58 bits per heavy atom. The highest BCUT2D eigenvalue weighted by Crippen LogP contribution is 2.37. The quantitative estimate of drug-likeness (QED) is 0.390. The maximum Gasteiger partial charge on any atom is 0.143 e. The zero-order chi connectivity index (χ0) is 17.2. The second-order valence-corrected chi connectivity index (χ2v) is 7.15. The second kappa shape index (κ2) is 10.3. The summed E-state index contributed by atoms with van der Waals surface area (Å²) >= 11 is 1.57. The average Bonchev–Trinajstić information content (AvgIpc) is 2.90. The molecule has 4 heteroatoms. The molecule has 0 aliphatic carbocycles. The van der Waals surface area contributed by atoms with Gasteiger partial charge in [0, 0.05) is 22.8 Å². The summed E-state index contributed by atoms with van der Waals surface area (Å²) in [7, 11) is 0. The summed E-state index contributed by atoms with van der Waals surface area (Å²) in [5, 5.41) is 11.2. The lowest BCUT2D eigenvalue weighted by atomic mass is 10.1. The third-order valence-corrected chi connectivity index (χ3v) is 5.16. The number of aromatic hydroxyl groups is 1. The average molecular weight is 348 g/mol. The lowest BCUT2D eigenvalue weighted by Gasteiger charge is -2.01. The number of aliphatic imine (C=N–C) groups is 1. The van der Waals surface area contributed by atoms with Gasteiger partial charge in [-0.2, -0.15) is 0 Å². The van der Waals surface area contributed by atoms with Gasteiger partial charge < -0.3 is 9.84 Å². The summed E-state index contributed by atoms with van der Waals surface area (Å²) in [5.74, 6) is 1.12. The van der Waals surface area contributed by atoms with Crippen LogP contribution in [-0.2, 0) is 0 Å². The van der Waals surface area contributed by atoms with E-state index in [0.29, 0.717) is 12.4 Å². The summed E-state index contributed by atoms with van der Waals surface area (Å²) in [6.07, 6.45) is 10.9. The predicted octanol–water partition coefficient (Wildman–Crippen LogP) is 6.18. The van der Waals surface area contributed by atoms with Gasteiger partial charge in [-0.05, 0) is 31.5 Å². The van der Waals surface area contributed by atoms with Gasteiger partial charge in [-0.3, -0.25) is 4.99 Å². The molecule has 2 aromatic rings. The monoisotopic (exact) mass is 347 g/mol. The van der Waals surface area contributed by atoms with Crippen LogP contribution in [0.3, 0.4) is 0 Å². The lowest BCUT2D eigenvalue weighted by Crippen LogP contribution is -1.90. The molecule has 0 unspecified atom stereocenters. The summed E-state index contributed by atoms with van der Waals surface area (Å²) in [6, 6.07) is 5.85. The zero-order valence-corrected chi connectivity index (χ0v) is 15.7. The number of nitrogens with zero attached hydrogens (tertiary/aromatic N) is 1. The van der Waals surface area contributed by atoms with Crippen LogP contribution < -0.4 is 4.74 Å². The van der Waals surface area contributed by atoms with E-state index in [4.69, 9.17) is 4.74 Å². The van der Waals surface area contributed by atoms with Crippen molar-refractivity contribution in [2.45, 2.75) is 58.8 Å². The number of fused-ring (bicyclic) bond motifs is 1. The van der Waals surface area contributed by atoms with Crippen molar-refractivity contribution in [2.24, 2.45) is 4.99 Å². The number of thiophene rings is 1. The van der Waals surface area contributed by atoms with Gasteiger partial charge in [0.25, 0.3) is 0 Å². The van der Waals surface area contributed by atoms with Crippen molar-refractivity contribution in [2.75, 3.05) is 13.2 Å². The van der Waals surface area contributed by atoms with Gasteiger partial charge >= 0.3 is 0 Å². The molecule has 2 rings (SSSR count). The predicted molar refractivity (Wildman–Crippen MR) is 105 cm³/mol. The lowest BCUT2D eigenvalue weighted by molar-refractivity contribution is 0.340. The third-order valence-electron chi connectivity index (χ3n) is 4.07. The molecule has 1 heterocycles. The maximum absolute atomic E-state index is 10.4. The van der Waals surface area contributed by atoms with Crippen molar-refractivity contribution in [1.82, 2.24) is 0 Å². The molecule has 0 saturated heterocycles. The van der Waals surface area contributed by atoms with E-state index in [1.165, 1.54) is 38.5 Å². The number of ether oxygens (including phenoxy) is 1. The maximum atomic E-state index is 10.4. The Bertz CT molecular complexity index is 648. The first-order chi connectivity index (χ1) is 11.8. The van der Waals surface area contributed by atoms with E-state index in [-0.39, 0.29) is 0 Å². The van der Waals surface area contributed by atoms with Crippen LogP contribution in [-0.4, -0.2) is 24.5 Å². The van der Waals surface area contributed by atoms with Crippen molar-refractivity contribution >= 4 is 27.6 Å². The van der Waals surface area contributed by atoms with E-state index in [1.807, 2.05) is 31.3 Å². The molecular weight excluding hydrogens is 318 g/mol. The molecule has 24 heavy (non-hydrogen) atoms. The highest BCUT2D eigenvalue weighted by Gasteiger charge is 2.10. The number of hydrogen-bond acceptors (Lipinski definition) is 4. The Labute approximate surface area is 149 Å². The normalized spacial score (nSPS) is 11.6. The Morgan fingerprint density at radius 2 is 1.83 bits per heavy atom. The van der Waals surface area contributed by atoms with Crippen LogP contribution in [0.4, 0.5) is 0 Å². The SMILES string of the molecule is CCCCCCCCCN=Cc1sc2ccc(OCC)cc2c1O. The molecular formula is C20H29NO2S. The van der Waals surface area contributed by atoms with E-state index in [9.17, 15) is 5.11 Å². The first-order valence-electron chi connectivity index (χ1n) is 9.14. The minimum atomic E-state index is 0.319. The van der Waals surface area contributed by atoms with Crippen LogP contribution in [0, 0.1) is 0 Å². The molecule has 132 valence electrons. The van der Waals surface area contributed by atoms with Crippen LogP contribution in [0.1, 0.15) is 63.7 Å². The summed E-state index contributed by atoms with van der Waals surface area (Å²) in [6.45, 7) is 5.67. The number of rotatable bonds is 11. The zero-order valence-electron chi connectivity index (χ0n) is 14.9. The number of hydrogen-bond donors (Lipinski definition) is 1. The van der Waals surface area contributed by atoms with Crippen LogP contribution >= 0.6 is 11.3 Å². The van der Waals surface area contributed by atoms with Gasteiger partial charge in [0.1, 0.15) is 11.5 Å². The molecule has 1 N–H and O–H groups in total. The molecule has 0 atom stereocenters. The second-order valence-electron chi connectivity index (χ2n) is 6.06. The minimum absolute atomic E-state index is 0.319. The highest BCUT2D eigenvalue weighted by atomic mass is 32.1. The molecule has 0 aliphatic heterocycles. The van der Waals surface area contributed by atoms with Crippen LogP contribution in [0.15, 0.2) is 23.2 Å². The molecule has 1 aromatic carbocycles. The highest BCUT2D eigenvalue weighted by molar-refractivity contribution is 7.21. The molecule has 0 amide bonds. The van der Waals surface area contributed by atoms with E-state index in [2.05, 4.69) is 11.9 Å². The smallest absolute Gasteiger partial charge is 0.143 e. The van der Waals surface area contributed by atoms with Crippen molar-refractivity contribution in [1.29, 1.82) is 0 Å². The van der Waals surface area contributed by atoms with Crippen molar-refractivity contribution in [3.63, 3.8) is 0 Å². The van der Waals surface area contributed by atoms with Gasteiger partial charge in [0.2, 0.25) is 0 Å². The van der Waals surface area contributed by atoms with Gasteiger partial charge in [-0.15, -0.1) is 11.3 Å². The minimum Gasteiger partial charge on any atom is -0.506 e. The summed E-state index contributed by atoms with van der Waals surface area (Å²) < 4.78 is 6.56. The number of unbranched alkanes of at least 4 members (excludes halogenated alkanes) is 6. The van der Waals surface area contributed by atoms with E-state index >= 15 is 0 Å². The van der Waals surface area contributed by atoms with Crippen molar-refractivity contribution in [3.8, 4) is 11.5 Å². The van der Waals surface area contributed by atoms with Gasteiger partial charge in [-0.1, -0.05) is 45.4 Å². The topological polar surface area (TPSA) is 41.8 Å². The van der Waals surface area contributed by atoms with Gasteiger partial charge in [0.15, 0.2) is 0 Å². The molecule has 0 spiro atoms. The van der Waals surface area contributed by atoms with E-state index in [1.54, 1.807) is 11.3 Å². The molecule has 0 bridgehead atoms. The number of benzene rings is 1. The third kappa shape index (κ3) is 5.52. The first kappa shape index (κ1) is 18.8. The summed E-state index contributed by atoms with van der Waals surface area (Å²) in [4.78, 5) is 5.32. The summed E-state index contributed by atoms with van der Waals surface area (Å²) in [5.41, 5.74) is 0. The van der Waals surface area contributed by atoms with Crippen molar-refractivity contribution < 1.29 is 9.84 Å². The molecule has 1 aromatic heterocycles. The molecule has 0 aliphatic rings. The molecule has 0 saturated carbocycles. The Balaban J connectivity index is 1.82. The largest absolute Gasteiger partial charge is 0.506 e. The van der Waals surface area contributed by atoms with Gasteiger partial charge in [0.05, 0.1) is 11.5 Å². The Kier molecular flexibility index (Phi) is 8.10. The van der Waals surface area contributed by atoms with Gasteiger partial charge in [-0.25, -0.2) is 0 Å². The van der Waals surface area contributed by atoms with Crippen LogP contribution in [0.25, 0.3) is 10.1 Å². The molecule has 0 fully saturated rings. The standard InChI is InChI=1S/C20H29NO2S/c1-3-5-6-7-8-9-10-13-21-15-19-20(22)17-14-16(23-4-2)11-12-18(17)24-19/h11-12,14-15,22H,3-10,13H2,1-2H3. The Morgan fingerprint density at radius 1 is 1.08 bits per heavy atom. The van der Waals surface area contributed by atoms with Crippen LogP contribution in [0.2, 0.25) is 0 Å². The fourth-order valence-corrected chi connectivity index (χ4v) is 3.71. The molecule has 3 nitrogen and oxygen atoms in total. The van der Waals surface area contributed by atoms with E-state index in [0.717, 1.165) is 33.7 Å². The Hall–Kier alpha value is -1.55. The molecule has 0 radical (unpaired) electrons. The fraction of sp³-hybridized carbons (Fsp3) is 0.550. The first-order valence-corrected chi connectivity index (χ1v) is 9.96.